The molecule has 5 rings (SSSR count). The second-order valence-electron chi connectivity index (χ2n) is 14.6. The van der Waals surface area contributed by atoms with Crippen molar-refractivity contribution in [3.8, 4) is 0 Å². The molecule has 1 saturated heterocycles. The van der Waals surface area contributed by atoms with Crippen LogP contribution in [0.2, 0.25) is 0 Å². The third-order valence-electron chi connectivity index (χ3n) is 12.7. The molecule has 3 heteroatoms. The minimum atomic E-state index is -0.321. The summed E-state index contributed by atoms with van der Waals surface area (Å²) >= 11 is 0. The van der Waals surface area contributed by atoms with Crippen LogP contribution in [-0.4, -0.2) is 35.1 Å². The van der Waals surface area contributed by atoms with Gasteiger partial charge in [0.2, 0.25) is 0 Å². The summed E-state index contributed by atoms with van der Waals surface area (Å²) in [7, 11) is 2.22. The van der Waals surface area contributed by atoms with E-state index < -0.39 is 0 Å². The standard InChI is InChI=1S/C28H47NO2/c1-22(2)17-20(18-23(3,4)29(22)8)31-21(30)26(7,28-15-11-25(28,6)12-16-28)19-27-13-9-24(27,5)10-14-27/h20H,9-19H2,1-8H3. The summed E-state index contributed by atoms with van der Waals surface area (Å²) in [6.07, 6.45) is 13.4. The first-order valence-electron chi connectivity index (χ1n) is 13.1. The molecule has 4 saturated carbocycles. The number of carbonyl (C=O) groups excluding carboxylic acids is 1. The summed E-state index contributed by atoms with van der Waals surface area (Å²) in [5.41, 5.74) is 1.22. The maximum atomic E-state index is 14.2. The molecule has 1 unspecified atom stereocenters. The van der Waals surface area contributed by atoms with Crippen LogP contribution in [0.15, 0.2) is 0 Å². The fourth-order valence-corrected chi connectivity index (χ4v) is 9.38. The summed E-state index contributed by atoms with van der Waals surface area (Å²) in [4.78, 5) is 16.7. The van der Waals surface area contributed by atoms with E-state index in [0.29, 0.717) is 16.2 Å². The van der Waals surface area contributed by atoms with Crippen molar-refractivity contribution < 1.29 is 9.53 Å². The van der Waals surface area contributed by atoms with Crippen molar-refractivity contribution in [2.75, 3.05) is 7.05 Å². The molecule has 0 aromatic heterocycles. The molecule has 0 radical (unpaired) electrons. The fraction of sp³-hybridized carbons (Fsp3) is 0.964. The van der Waals surface area contributed by atoms with Gasteiger partial charge in [0.25, 0.3) is 0 Å². The normalized spacial score (nSPS) is 47.4. The Bertz CT molecular complexity index is 761. The van der Waals surface area contributed by atoms with E-state index in [2.05, 4.69) is 60.4 Å². The minimum absolute atomic E-state index is 0.0301. The number of carbonyl (C=O) groups is 1. The topological polar surface area (TPSA) is 29.5 Å². The predicted octanol–water partition coefficient (Wildman–Crippen LogP) is 6.74. The van der Waals surface area contributed by atoms with Crippen LogP contribution in [0.5, 0.6) is 0 Å². The van der Waals surface area contributed by atoms with Gasteiger partial charge in [-0.1, -0.05) is 13.8 Å². The third kappa shape index (κ3) is 2.59. The van der Waals surface area contributed by atoms with Gasteiger partial charge in [-0.25, -0.2) is 0 Å². The number of ether oxygens (including phenoxy) is 1. The molecule has 176 valence electrons. The van der Waals surface area contributed by atoms with E-state index in [1.807, 2.05) is 0 Å². The lowest BCUT2D eigenvalue weighted by atomic mass is 9.27. The van der Waals surface area contributed by atoms with Crippen LogP contribution in [0.25, 0.3) is 0 Å². The highest BCUT2D eigenvalue weighted by atomic mass is 16.5. The van der Waals surface area contributed by atoms with Gasteiger partial charge in [-0.05, 0) is 121 Å². The molecule has 0 N–H and O–H groups in total. The fourth-order valence-electron chi connectivity index (χ4n) is 9.38. The van der Waals surface area contributed by atoms with Crippen molar-refractivity contribution in [2.24, 2.45) is 27.1 Å². The summed E-state index contributed by atoms with van der Waals surface area (Å²) < 4.78 is 6.57. The number of nitrogens with zero attached hydrogens (tertiary/aromatic N) is 1. The monoisotopic (exact) mass is 429 g/mol. The molecule has 1 heterocycles. The van der Waals surface area contributed by atoms with Crippen LogP contribution in [0, 0.1) is 27.1 Å². The van der Waals surface area contributed by atoms with Gasteiger partial charge in [-0.15, -0.1) is 0 Å². The summed E-state index contributed by atoms with van der Waals surface area (Å²) in [5, 5.41) is 0. The Morgan fingerprint density at radius 1 is 0.839 bits per heavy atom. The zero-order valence-electron chi connectivity index (χ0n) is 21.6. The lowest BCUT2D eigenvalue weighted by Gasteiger charge is -2.76. The Morgan fingerprint density at radius 3 is 1.65 bits per heavy atom. The molecule has 0 aromatic carbocycles. The molecule has 31 heavy (non-hydrogen) atoms. The Morgan fingerprint density at radius 2 is 1.32 bits per heavy atom. The molecule has 0 amide bonds. The Kier molecular flexibility index (Phi) is 4.38. The van der Waals surface area contributed by atoms with Gasteiger partial charge in [0.05, 0.1) is 5.41 Å². The number of piperidine rings is 1. The van der Waals surface area contributed by atoms with E-state index in [0.717, 1.165) is 19.3 Å². The highest BCUT2D eigenvalue weighted by Gasteiger charge is 2.75. The number of likely N-dealkylation sites (tertiary alicyclic amines) is 1. The van der Waals surface area contributed by atoms with Gasteiger partial charge in [0.15, 0.2) is 0 Å². The largest absolute Gasteiger partial charge is 0.462 e. The van der Waals surface area contributed by atoms with Crippen LogP contribution in [0.3, 0.4) is 0 Å². The van der Waals surface area contributed by atoms with Crippen molar-refractivity contribution in [1.29, 1.82) is 0 Å². The van der Waals surface area contributed by atoms with Crippen molar-refractivity contribution in [3.63, 3.8) is 0 Å². The molecule has 4 aliphatic carbocycles. The van der Waals surface area contributed by atoms with Gasteiger partial charge in [-0.2, -0.15) is 0 Å². The van der Waals surface area contributed by atoms with E-state index >= 15 is 0 Å². The number of hydrogen-bond acceptors (Lipinski definition) is 3. The van der Waals surface area contributed by atoms with Crippen LogP contribution in [0.1, 0.15) is 119 Å². The predicted molar refractivity (Wildman–Crippen MR) is 126 cm³/mol. The molecule has 0 spiro atoms. The van der Waals surface area contributed by atoms with E-state index in [-0.39, 0.29) is 34.0 Å². The van der Waals surface area contributed by atoms with Crippen LogP contribution in [0.4, 0.5) is 0 Å². The quantitative estimate of drug-likeness (QED) is 0.453. The van der Waals surface area contributed by atoms with E-state index in [1.54, 1.807) is 0 Å². The molecule has 1 atom stereocenters. The first-order valence-corrected chi connectivity index (χ1v) is 13.1. The van der Waals surface area contributed by atoms with Gasteiger partial charge in [0, 0.05) is 23.9 Å². The molecule has 0 aromatic rings. The average Bonchev–Trinajstić information content (AvgIpc) is 2.67. The average molecular weight is 430 g/mol. The second-order valence-corrected chi connectivity index (χ2v) is 14.6. The Hall–Kier alpha value is -0.570. The number of hydrogen-bond donors (Lipinski definition) is 0. The number of rotatable bonds is 5. The Balaban J connectivity index is 1.42. The van der Waals surface area contributed by atoms with Crippen molar-refractivity contribution >= 4 is 5.97 Å². The maximum absolute atomic E-state index is 14.2. The maximum Gasteiger partial charge on any atom is 0.312 e. The number of fused-ring (bicyclic) bond motifs is 2. The van der Waals surface area contributed by atoms with Crippen molar-refractivity contribution in [3.05, 3.63) is 0 Å². The van der Waals surface area contributed by atoms with Crippen LogP contribution < -0.4 is 0 Å². The van der Waals surface area contributed by atoms with E-state index in [4.69, 9.17) is 4.74 Å². The minimum Gasteiger partial charge on any atom is -0.462 e. The summed E-state index contributed by atoms with van der Waals surface area (Å²) in [6.45, 7) is 16.5. The summed E-state index contributed by atoms with van der Waals surface area (Å²) in [5.74, 6) is 0.148. The van der Waals surface area contributed by atoms with E-state index in [9.17, 15) is 4.79 Å². The summed E-state index contributed by atoms with van der Waals surface area (Å²) in [6, 6.07) is 0. The lowest BCUT2D eigenvalue weighted by molar-refractivity contribution is -0.279. The molecular weight excluding hydrogens is 382 g/mol. The van der Waals surface area contributed by atoms with Gasteiger partial charge in [0.1, 0.15) is 6.10 Å². The highest BCUT2D eigenvalue weighted by molar-refractivity contribution is 5.79. The van der Waals surface area contributed by atoms with Gasteiger partial charge < -0.3 is 4.74 Å². The molecule has 0 bridgehead atoms. The first-order chi connectivity index (χ1) is 14.1. The zero-order valence-corrected chi connectivity index (χ0v) is 21.6. The smallest absolute Gasteiger partial charge is 0.312 e. The molecular formula is C28H47NO2. The third-order valence-corrected chi connectivity index (χ3v) is 12.7. The van der Waals surface area contributed by atoms with Gasteiger partial charge in [-0.3, -0.25) is 9.69 Å². The van der Waals surface area contributed by atoms with E-state index in [1.165, 1.54) is 51.4 Å². The number of esters is 1. The van der Waals surface area contributed by atoms with Crippen molar-refractivity contribution in [1.82, 2.24) is 4.90 Å². The van der Waals surface area contributed by atoms with Crippen molar-refractivity contribution in [2.45, 2.75) is 136 Å². The lowest BCUT2D eigenvalue weighted by Crippen LogP contribution is -2.71. The molecule has 1 aliphatic heterocycles. The molecule has 3 nitrogen and oxygen atoms in total. The Labute approximate surface area is 191 Å². The van der Waals surface area contributed by atoms with Gasteiger partial charge >= 0.3 is 5.97 Å². The molecule has 5 aliphatic rings. The van der Waals surface area contributed by atoms with Crippen LogP contribution in [-0.2, 0) is 9.53 Å². The second kappa shape index (κ2) is 6.10. The SMILES string of the molecule is CN1C(C)(C)CC(OC(=O)C(C)(CC23CCC2(C)CC3)C23CCC2(C)CC3)CC1(C)C. The molecule has 5 fully saturated rings. The first kappa shape index (κ1) is 22.2. The highest BCUT2D eigenvalue weighted by Crippen LogP contribution is 2.81. The zero-order chi connectivity index (χ0) is 22.7. The van der Waals surface area contributed by atoms with Crippen LogP contribution >= 0.6 is 0 Å².